The number of fused-ring (bicyclic) bond motifs is 1. The predicted molar refractivity (Wildman–Crippen MR) is 135 cm³/mol. The first-order valence-electron chi connectivity index (χ1n) is 9.78. The van der Waals surface area contributed by atoms with E-state index >= 15 is 0 Å². The van der Waals surface area contributed by atoms with Crippen molar-refractivity contribution < 1.29 is 23.9 Å². The number of carbonyl (C=O) groups is 3. The molecule has 1 saturated heterocycles. The third-order valence-corrected chi connectivity index (χ3v) is 7.05. The lowest BCUT2D eigenvalue weighted by molar-refractivity contribution is -0.143. The van der Waals surface area contributed by atoms with Crippen LogP contribution < -0.4 is 4.74 Å². The third-order valence-electron chi connectivity index (χ3n) is 4.96. The molecule has 0 saturated carbocycles. The van der Waals surface area contributed by atoms with E-state index in [1.165, 1.54) is 12.0 Å². The molecule has 1 aliphatic heterocycles. The van der Waals surface area contributed by atoms with Crippen LogP contribution in [0.5, 0.6) is 5.75 Å². The molecule has 1 heterocycles. The molecule has 9 heteroatoms. The van der Waals surface area contributed by atoms with Crippen molar-refractivity contribution in [2.45, 2.75) is 6.54 Å². The molecule has 3 aromatic rings. The molecule has 3 aromatic carbocycles. The fourth-order valence-corrected chi connectivity index (χ4v) is 5.67. The lowest BCUT2D eigenvalue weighted by Crippen LogP contribution is -2.27. The standard InChI is InChI=1S/C24H17Br2NO5S/c1-31-21(28)13-32-22-18(25)9-14(10-19(22)26)11-20-23(29)27(24(30)33-20)12-16-7-4-6-15-5-2-3-8-17(15)16/h2-11H,12-13H2,1H3/b20-11+. The van der Waals surface area contributed by atoms with Gasteiger partial charge >= 0.3 is 5.97 Å². The number of amides is 2. The fraction of sp³-hybridized carbons (Fsp3) is 0.125. The monoisotopic (exact) mass is 589 g/mol. The normalized spacial score (nSPS) is 14.9. The topological polar surface area (TPSA) is 72.9 Å². The van der Waals surface area contributed by atoms with E-state index in [-0.39, 0.29) is 24.3 Å². The largest absolute Gasteiger partial charge is 0.480 e. The van der Waals surface area contributed by atoms with Crippen LogP contribution >= 0.6 is 43.6 Å². The summed E-state index contributed by atoms with van der Waals surface area (Å²) >= 11 is 7.75. The molecule has 168 valence electrons. The van der Waals surface area contributed by atoms with Crippen LogP contribution in [0.4, 0.5) is 4.79 Å². The van der Waals surface area contributed by atoms with E-state index in [4.69, 9.17) is 4.74 Å². The highest BCUT2D eigenvalue weighted by molar-refractivity contribution is 9.11. The minimum Gasteiger partial charge on any atom is -0.480 e. The second kappa shape index (κ2) is 10.1. The van der Waals surface area contributed by atoms with E-state index in [2.05, 4.69) is 36.6 Å². The van der Waals surface area contributed by atoms with E-state index in [0.717, 1.165) is 28.1 Å². The zero-order valence-electron chi connectivity index (χ0n) is 17.3. The summed E-state index contributed by atoms with van der Waals surface area (Å²) < 4.78 is 11.2. The van der Waals surface area contributed by atoms with Gasteiger partial charge in [0.25, 0.3) is 11.1 Å². The minimum absolute atomic E-state index is 0.205. The molecule has 0 unspecified atom stereocenters. The van der Waals surface area contributed by atoms with Crippen molar-refractivity contribution in [1.82, 2.24) is 4.90 Å². The molecule has 6 nitrogen and oxygen atoms in total. The first kappa shape index (κ1) is 23.5. The molecule has 4 rings (SSSR count). The van der Waals surface area contributed by atoms with Gasteiger partial charge in [-0.05, 0) is 83.7 Å². The summed E-state index contributed by atoms with van der Waals surface area (Å²) in [6.07, 6.45) is 1.66. The van der Waals surface area contributed by atoms with Gasteiger partial charge in [0.1, 0.15) is 5.75 Å². The maximum atomic E-state index is 13.0. The fourth-order valence-electron chi connectivity index (χ4n) is 3.38. The van der Waals surface area contributed by atoms with Crippen LogP contribution in [-0.4, -0.2) is 35.7 Å². The number of hydrogen-bond donors (Lipinski definition) is 0. The second-order valence-electron chi connectivity index (χ2n) is 7.08. The Bertz CT molecular complexity index is 1280. The predicted octanol–water partition coefficient (Wildman–Crippen LogP) is 6.15. The smallest absolute Gasteiger partial charge is 0.343 e. The highest BCUT2D eigenvalue weighted by Gasteiger charge is 2.35. The molecule has 2 amide bonds. The first-order chi connectivity index (χ1) is 15.9. The van der Waals surface area contributed by atoms with Gasteiger partial charge in [-0.3, -0.25) is 14.5 Å². The number of carbonyl (C=O) groups excluding carboxylic acids is 3. The molecule has 0 radical (unpaired) electrons. The van der Waals surface area contributed by atoms with Crippen molar-refractivity contribution in [1.29, 1.82) is 0 Å². The van der Waals surface area contributed by atoms with Crippen LogP contribution in [0.2, 0.25) is 0 Å². The van der Waals surface area contributed by atoms with Crippen molar-refractivity contribution >= 4 is 77.6 Å². The Morgan fingerprint density at radius 1 is 1.06 bits per heavy atom. The molecule has 0 N–H and O–H groups in total. The molecule has 1 fully saturated rings. The number of rotatable bonds is 6. The molecular weight excluding hydrogens is 574 g/mol. The highest BCUT2D eigenvalue weighted by Crippen LogP contribution is 2.38. The molecule has 0 atom stereocenters. The third kappa shape index (κ3) is 5.15. The Morgan fingerprint density at radius 3 is 2.48 bits per heavy atom. The van der Waals surface area contributed by atoms with Gasteiger partial charge in [0, 0.05) is 0 Å². The Labute approximate surface area is 211 Å². The van der Waals surface area contributed by atoms with Crippen LogP contribution in [0.25, 0.3) is 16.8 Å². The van der Waals surface area contributed by atoms with Crippen molar-refractivity contribution in [2.75, 3.05) is 13.7 Å². The van der Waals surface area contributed by atoms with E-state index in [1.807, 2.05) is 42.5 Å². The number of ether oxygens (including phenoxy) is 2. The summed E-state index contributed by atoms with van der Waals surface area (Å²) in [5.41, 5.74) is 1.60. The Kier molecular flexibility index (Phi) is 7.21. The van der Waals surface area contributed by atoms with Gasteiger partial charge in [0.2, 0.25) is 0 Å². The number of thioether (sulfide) groups is 1. The lowest BCUT2D eigenvalue weighted by atomic mass is 10.0. The van der Waals surface area contributed by atoms with Crippen molar-refractivity contribution in [2.24, 2.45) is 0 Å². The minimum atomic E-state index is -0.502. The summed E-state index contributed by atoms with van der Waals surface area (Å²) in [5.74, 6) is -0.407. The van der Waals surface area contributed by atoms with Gasteiger partial charge in [-0.15, -0.1) is 0 Å². The van der Waals surface area contributed by atoms with Crippen LogP contribution in [-0.2, 0) is 20.9 Å². The van der Waals surface area contributed by atoms with Crippen LogP contribution in [0, 0.1) is 0 Å². The number of imide groups is 1. The summed E-state index contributed by atoms with van der Waals surface area (Å²) in [7, 11) is 1.28. The van der Waals surface area contributed by atoms with Crippen molar-refractivity contribution in [3.8, 4) is 5.75 Å². The Hall–Kier alpha value is -2.62. The van der Waals surface area contributed by atoms with Gasteiger partial charge in [0.05, 0.1) is 27.5 Å². The van der Waals surface area contributed by atoms with Crippen LogP contribution in [0.1, 0.15) is 11.1 Å². The Balaban J connectivity index is 1.56. The lowest BCUT2D eigenvalue weighted by Gasteiger charge is -2.14. The average molecular weight is 591 g/mol. The van der Waals surface area contributed by atoms with Crippen LogP contribution in [0.15, 0.2) is 68.4 Å². The number of benzene rings is 3. The van der Waals surface area contributed by atoms with E-state index in [0.29, 0.717) is 25.2 Å². The summed E-state index contributed by atoms with van der Waals surface area (Å²) in [6.45, 7) is -0.0306. The number of esters is 1. The van der Waals surface area contributed by atoms with Gasteiger partial charge in [-0.2, -0.15) is 0 Å². The molecule has 0 aliphatic carbocycles. The van der Waals surface area contributed by atoms with E-state index < -0.39 is 5.97 Å². The maximum absolute atomic E-state index is 13.0. The van der Waals surface area contributed by atoms with Crippen LogP contribution in [0.3, 0.4) is 0 Å². The average Bonchev–Trinajstić information content (AvgIpc) is 3.05. The SMILES string of the molecule is COC(=O)COc1c(Br)cc(/C=C2/SC(=O)N(Cc3cccc4ccccc34)C2=O)cc1Br. The quantitative estimate of drug-likeness (QED) is 0.253. The summed E-state index contributed by atoms with van der Waals surface area (Å²) in [4.78, 5) is 38.6. The number of nitrogens with zero attached hydrogens (tertiary/aromatic N) is 1. The first-order valence-corrected chi connectivity index (χ1v) is 12.2. The molecule has 0 spiro atoms. The zero-order chi connectivity index (χ0) is 23.5. The van der Waals surface area contributed by atoms with Gasteiger partial charge < -0.3 is 9.47 Å². The van der Waals surface area contributed by atoms with Gasteiger partial charge in [0.15, 0.2) is 6.61 Å². The second-order valence-corrected chi connectivity index (χ2v) is 9.79. The molecule has 33 heavy (non-hydrogen) atoms. The summed E-state index contributed by atoms with van der Waals surface area (Å²) in [6, 6.07) is 17.2. The van der Waals surface area contributed by atoms with Crippen molar-refractivity contribution in [3.63, 3.8) is 0 Å². The molecule has 1 aliphatic rings. The van der Waals surface area contributed by atoms with Gasteiger partial charge in [-0.25, -0.2) is 4.79 Å². The molecule has 0 bridgehead atoms. The Morgan fingerprint density at radius 2 is 1.76 bits per heavy atom. The molecule has 0 aromatic heterocycles. The zero-order valence-corrected chi connectivity index (χ0v) is 21.3. The maximum Gasteiger partial charge on any atom is 0.343 e. The molecular formula is C24H17Br2NO5S. The highest BCUT2D eigenvalue weighted by atomic mass is 79.9. The van der Waals surface area contributed by atoms with Gasteiger partial charge in [-0.1, -0.05) is 42.5 Å². The van der Waals surface area contributed by atoms with Crippen molar-refractivity contribution in [3.05, 3.63) is 79.6 Å². The number of hydrogen-bond acceptors (Lipinski definition) is 6. The number of halogens is 2. The summed E-state index contributed by atoms with van der Waals surface area (Å²) in [5, 5.41) is 1.76. The van der Waals surface area contributed by atoms with E-state index in [9.17, 15) is 14.4 Å². The van der Waals surface area contributed by atoms with E-state index in [1.54, 1.807) is 18.2 Å². The number of methoxy groups -OCH3 is 1.